The molecule has 126 valence electrons. The lowest BCUT2D eigenvalue weighted by Crippen LogP contribution is -2.46. The number of carbonyl (C=O) groups excluding carboxylic acids is 1. The third-order valence-electron chi connectivity index (χ3n) is 5.29. The number of hydrogen-bond acceptors (Lipinski definition) is 3. The van der Waals surface area contributed by atoms with E-state index in [1.807, 2.05) is 24.1 Å². The first-order valence-electron chi connectivity index (χ1n) is 9.06. The highest BCUT2D eigenvalue weighted by atomic mass is 16.2. The fourth-order valence-electron chi connectivity index (χ4n) is 3.91. The Bertz CT molecular complexity index is 550. The van der Waals surface area contributed by atoms with Gasteiger partial charge in [-0.1, -0.05) is 13.0 Å². The molecule has 1 aromatic carbocycles. The Labute approximate surface area is 139 Å². The van der Waals surface area contributed by atoms with Gasteiger partial charge >= 0.3 is 0 Å². The summed E-state index contributed by atoms with van der Waals surface area (Å²) in [5.74, 6) is 0.194. The Balaban J connectivity index is 1.69. The Morgan fingerprint density at radius 2 is 2.13 bits per heavy atom. The zero-order chi connectivity index (χ0) is 16.2. The molecule has 0 bridgehead atoms. The first-order valence-corrected chi connectivity index (χ1v) is 9.06. The summed E-state index contributed by atoms with van der Waals surface area (Å²) < 4.78 is 0. The highest BCUT2D eigenvalue weighted by Gasteiger charge is 2.27. The van der Waals surface area contributed by atoms with Gasteiger partial charge < -0.3 is 15.1 Å². The summed E-state index contributed by atoms with van der Waals surface area (Å²) in [6.07, 6.45) is 5.51. The second-order valence-corrected chi connectivity index (χ2v) is 6.85. The fourth-order valence-corrected chi connectivity index (χ4v) is 3.91. The smallest absolute Gasteiger partial charge is 0.254 e. The molecule has 23 heavy (non-hydrogen) atoms. The first kappa shape index (κ1) is 16.3. The number of rotatable bonds is 4. The highest BCUT2D eigenvalue weighted by molar-refractivity contribution is 5.97. The van der Waals surface area contributed by atoms with Crippen molar-refractivity contribution in [3.63, 3.8) is 0 Å². The maximum Gasteiger partial charge on any atom is 0.254 e. The molecule has 2 aliphatic rings. The fraction of sp³-hybridized carbons (Fsp3) is 0.632. The van der Waals surface area contributed by atoms with E-state index in [1.165, 1.54) is 18.5 Å². The molecule has 1 N–H and O–H groups in total. The van der Waals surface area contributed by atoms with E-state index in [1.54, 1.807) is 0 Å². The quantitative estimate of drug-likeness (QED) is 0.928. The van der Waals surface area contributed by atoms with Crippen LogP contribution in [0.5, 0.6) is 0 Å². The van der Waals surface area contributed by atoms with Gasteiger partial charge in [0.1, 0.15) is 0 Å². The van der Waals surface area contributed by atoms with Gasteiger partial charge in [0.2, 0.25) is 0 Å². The van der Waals surface area contributed by atoms with Gasteiger partial charge in [0, 0.05) is 44.0 Å². The van der Waals surface area contributed by atoms with Crippen molar-refractivity contribution in [3.8, 4) is 0 Å². The molecule has 3 rings (SSSR count). The Kier molecular flexibility index (Phi) is 5.21. The number of nitrogens with one attached hydrogen (secondary N) is 1. The minimum Gasteiger partial charge on any atom is -0.385 e. The van der Waals surface area contributed by atoms with Crippen molar-refractivity contribution in [2.24, 2.45) is 0 Å². The monoisotopic (exact) mass is 315 g/mol. The lowest BCUT2D eigenvalue weighted by molar-refractivity contribution is 0.0641. The molecule has 1 fully saturated rings. The molecular formula is C19H29N3O. The van der Waals surface area contributed by atoms with E-state index < -0.39 is 0 Å². The maximum absolute atomic E-state index is 13.0. The van der Waals surface area contributed by atoms with E-state index in [4.69, 9.17) is 0 Å². The molecule has 2 aliphatic heterocycles. The second kappa shape index (κ2) is 7.35. The average molecular weight is 315 g/mol. The molecular weight excluding hydrogens is 286 g/mol. The van der Waals surface area contributed by atoms with Crippen LogP contribution in [-0.2, 0) is 6.42 Å². The Morgan fingerprint density at radius 1 is 1.35 bits per heavy atom. The molecule has 1 aromatic rings. The van der Waals surface area contributed by atoms with E-state index in [0.29, 0.717) is 6.04 Å². The number of carbonyl (C=O) groups is 1. The summed E-state index contributed by atoms with van der Waals surface area (Å²) in [6, 6.07) is 6.47. The predicted molar refractivity (Wildman–Crippen MR) is 95.1 cm³/mol. The predicted octanol–water partition coefficient (Wildman–Crippen LogP) is 2.99. The van der Waals surface area contributed by atoms with Crippen molar-refractivity contribution >= 4 is 11.6 Å². The number of amides is 1. The molecule has 0 saturated carbocycles. The van der Waals surface area contributed by atoms with Crippen LogP contribution in [0, 0.1) is 0 Å². The minimum absolute atomic E-state index is 0.194. The molecule has 0 atom stereocenters. The van der Waals surface area contributed by atoms with Crippen LogP contribution in [0.25, 0.3) is 0 Å². The van der Waals surface area contributed by atoms with Crippen LogP contribution in [0.15, 0.2) is 18.2 Å². The van der Waals surface area contributed by atoms with Gasteiger partial charge in [-0.2, -0.15) is 0 Å². The summed E-state index contributed by atoms with van der Waals surface area (Å²) >= 11 is 0. The van der Waals surface area contributed by atoms with Crippen molar-refractivity contribution in [3.05, 3.63) is 29.3 Å². The highest BCUT2D eigenvalue weighted by Crippen LogP contribution is 2.27. The van der Waals surface area contributed by atoms with E-state index in [0.717, 1.165) is 56.6 Å². The van der Waals surface area contributed by atoms with Gasteiger partial charge in [-0.15, -0.1) is 0 Å². The molecule has 0 aromatic heterocycles. The summed E-state index contributed by atoms with van der Waals surface area (Å²) in [6.45, 7) is 6.65. The van der Waals surface area contributed by atoms with Crippen LogP contribution in [0.4, 0.5) is 5.69 Å². The van der Waals surface area contributed by atoms with Gasteiger partial charge in [0.15, 0.2) is 0 Å². The van der Waals surface area contributed by atoms with Crippen LogP contribution in [0.2, 0.25) is 0 Å². The summed E-state index contributed by atoms with van der Waals surface area (Å²) in [7, 11) is 1.98. The molecule has 0 radical (unpaired) electrons. The molecule has 0 aliphatic carbocycles. The number of anilines is 1. The topological polar surface area (TPSA) is 35.6 Å². The normalized spacial score (nSPS) is 19.0. The first-order chi connectivity index (χ1) is 11.2. The van der Waals surface area contributed by atoms with Crippen molar-refractivity contribution in [2.75, 3.05) is 38.5 Å². The lowest BCUT2D eigenvalue weighted by atomic mass is 9.95. The van der Waals surface area contributed by atoms with Crippen LogP contribution in [0.1, 0.15) is 48.5 Å². The molecule has 1 amide bonds. The average Bonchev–Trinajstić information content (AvgIpc) is 2.61. The van der Waals surface area contributed by atoms with Gasteiger partial charge in [-0.3, -0.25) is 4.79 Å². The number of nitrogens with zero attached hydrogens (tertiary/aromatic N) is 2. The van der Waals surface area contributed by atoms with Gasteiger partial charge in [-0.25, -0.2) is 0 Å². The summed E-state index contributed by atoms with van der Waals surface area (Å²) in [5.41, 5.74) is 3.25. The molecule has 2 heterocycles. The minimum atomic E-state index is 0.194. The third kappa shape index (κ3) is 3.52. The summed E-state index contributed by atoms with van der Waals surface area (Å²) in [4.78, 5) is 17.5. The third-order valence-corrected chi connectivity index (χ3v) is 5.29. The van der Waals surface area contributed by atoms with E-state index >= 15 is 0 Å². The number of likely N-dealkylation sites (tertiary alicyclic amines) is 1. The van der Waals surface area contributed by atoms with Crippen molar-refractivity contribution in [1.82, 2.24) is 9.80 Å². The Morgan fingerprint density at radius 3 is 2.87 bits per heavy atom. The largest absolute Gasteiger partial charge is 0.385 e. The Hall–Kier alpha value is -1.55. The second-order valence-electron chi connectivity index (χ2n) is 6.85. The van der Waals surface area contributed by atoms with Crippen molar-refractivity contribution in [2.45, 2.75) is 45.1 Å². The molecule has 1 saturated heterocycles. The van der Waals surface area contributed by atoms with Crippen molar-refractivity contribution < 1.29 is 4.79 Å². The number of fused-ring (bicyclic) bond motifs is 1. The standard InChI is InChI=1S/C19H29N3O/c1-3-12-22-13-9-15(10-14-22)21(2)19(23)17-6-4-8-18-16(17)7-5-11-20-18/h4,6,8,15,20H,3,5,7,9-14H2,1-2H3. The molecule has 0 spiro atoms. The van der Waals surface area contributed by atoms with E-state index in [2.05, 4.69) is 23.2 Å². The number of benzene rings is 1. The molecule has 4 nitrogen and oxygen atoms in total. The van der Waals surface area contributed by atoms with Crippen LogP contribution >= 0.6 is 0 Å². The maximum atomic E-state index is 13.0. The zero-order valence-corrected chi connectivity index (χ0v) is 14.5. The van der Waals surface area contributed by atoms with Gasteiger partial charge in [0.25, 0.3) is 5.91 Å². The van der Waals surface area contributed by atoms with Gasteiger partial charge in [0.05, 0.1) is 0 Å². The molecule has 4 heteroatoms. The number of piperidine rings is 1. The van der Waals surface area contributed by atoms with Crippen LogP contribution < -0.4 is 5.32 Å². The SMILES string of the molecule is CCCN1CCC(N(C)C(=O)c2cccc3c2CCCN3)CC1. The van der Waals surface area contributed by atoms with Crippen LogP contribution in [0.3, 0.4) is 0 Å². The van der Waals surface area contributed by atoms with Gasteiger partial charge in [-0.05, 0) is 56.3 Å². The molecule has 0 unspecified atom stereocenters. The zero-order valence-electron chi connectivity index (χ0n) is 14.5. The van der Waals surface area contributed by atoms with E-state index in [-0.39, 0.29) is 5.91 Å². The number of hydrogen-bond donors (Lipinski definition) is 1. The van der Waals surface area contributed by atoms with Crippen LogP contribution in [-0.4, -0.2) is 55.0 Å². The van der Waals surface area contributed by atoms with E-state index in [9.17, 15) is 4.79 Å². The van der Waals surface area contributed by atoms with Crippen molar-refractivity contribution in [1.29, 1.82) is 0 Å². The lowest BCUT2D eigenvalue weighted by Gasteiger charge is -2.37. The summed E-state index contributed by atoms with van der Waals surface area (Å²) in [5, 5.41) is 3.42.